The molecule has 1 aromatic rings. The van der Waals surface area contributed by atoms with Crippen LogP contribution in [0.5, 0.6) is 0 Å². The van der Waals surface area contributed by atoms with Crippen LogP contribution in [0.3, 0.4) is 0 Å². The molecule has 1 N–H and O–H groups in total. The molecule has 1 atom stereocenters. The quantitative estimate of drug-likeness (QED) is 0.653. The highest BCUT2D eigenvalue weighted by Crippen LogP contribution is 2.13. The van der Waals surface area contributed by atoms with E-state index in [9.17, 15) is 8.78 Å². The van der Waals surface area contributed by atoms with Crippen LogP contribution in [-0.2, 0) is 6.42 Å². The average molecular weight is 269 g/mol. The molecule has 0 bridgehead atoms. The predicted octanol–water partition coefficient (Wildman–Crippen LogP) is 4.46. The zero-order valence-electron chi connectivity index (χ0n) is 12.0. The van der Waals surface area contributed by atoms with Crippen LogP contribution in [0.1, 0.15) is 51.5 Å². The van der Waals surface area contributed by atoms with E-state index in [2.05, 4.69) is 19.2 Å². The third kappa shape index (κ3) is 6.15. The lowest BCUT2D eigenvalue weighted by molar-refractivity contribution is 0.453. The number of nitrogens with one attached hydrogen (secondary N) is 1. The van der Waals surface area contributed by atoms with Gasteiger partial charge >= 0.3 is 0 Å². The predicted molar refractivity (Wildman–Crippen MR) is 76.3 cm³/mol. The molecule has 19 heavy (non-hydrogen) atoms. The molecule has 0 saturated carbocycles. The molecule has 0 aliphatic heterocycles. The van der Waals surface area contributed by atoms with Crippen molar-refractivity contribution in [2.45, 2.75) is 58.4 Å². The zero-order valence-corrected chi connectivity index (χ0v) is 12.0. The zero-order chi connectivity index (χ0) is 14.1. The molecule has 1 aromatic carbocycles. The highest BCUT2D eigenvalue weighted by molar-refractivity contribution is 5.18. The Morgan fingerprint density at radius 1 is 1.05 bits per heavy atom. The molecular formula is C16H25F2N. The molecule has 0 aliphatic rings. The maximum absolute atomic E-state index is 13.2. The Morgan fingerprint density at radius 2 is 1.84 bits per heavy atom. The Bertz CT molecular complexity index is 366. The molecule has 1 rings (SSSR count). The Kier molecular flexibility index (Phi) is 7.65. The van der Waals surface area contributed by atoms with Crippen molar-refractivity contribution < 1.29 is 8.78 Å². The van der Waals surface area contributed by atoms with Crippen LogP contribution in [-0.4, -0.2) is 12.6 Å². The van der Waals surface area contributed by atoms with Crippen LogP contribution in [0.25, 0.3) is 0 Å². The Labute approximate surface area is 115 Å². The van der Waals surface area contributed by atoms with Crippen LogP contribution in [0, 0.1) is 11.6 Å². The highest BCUT2D eigenvalue weighted by Gasteiger charge is 2.10. The van der Waals surface area contributed by atoms with Crippen molar-refractivity contribution in [3.8, 4) is 0 Å². The molecule has 0 heterocycles. The van der Waals surface area contributed by atoms with E-state index < -0.39 is 11.6 Å². The largest absolute Gasteiger partial charge is 0.314 e. The van der Waals surface area contributed by atoms with Gasteiger partial charge in [0.2, 0.25) is 0 Å². The minimum absolute atomic E-state index is 0.358. The van der Waals surface area contributed by atoms with E-state index in [-0.39, 0.29) is 0 Å². The van der Waals surface area contributed by atoms with Gasteiger partial charge in [0, 0.05) is 6.04 Å². The van der Waals surface area contributed by atoms with Gasteiger partial charge in [0.15, 0.2) is 11.6 Å². The minimum atomic E-state index is -0.771. The summed E-state index contributed by atoms with van der Waals surface area (Å²) >= 11 is 0. The van der Waals surface area contributed by atoms with Crippen LogP contribution in [0.4, 0.5) is 8.78 Å². The van der Waals surface area contributed by atoms with Gasteiger partial charge in [-0.1, -0.05) is 39.2 Å². The van der Waals surface area contributed by atoms with Crippen molar-refractivity contribution in [1.82, 2.24) is 5.32 Å². The molecule has 1 unspecified atom stereocenters. The van der Waals surface area contributed by atoms with Crippen molar-refractivity contribution in [2.75, 3.05) is 6.54 Å². The number of benzene rings is 1. The van der Waals surface area contributed by atoms with Gasteiger partial charge in [-0.2, -0.15) is 0 Å². The van der Waals surface area contributed by atoms with E-state index in [0.29, 0.717) is 6.04 Å². The number of unbranched alkanes of at least 4 members (excludes halogenated alkanes) is 2. The first kappa shape index (κ1) is 16.1. The molecule has 0 saturated heterocycles. The lowest BCUT2D eigenvalue weighted by Crippen LogP contribution is -2.31. The van der Waals surface area contributed by atoms with Crippen molar-refractivity contribution in [1.29, 1.82) is 0 Å². The third-order valence-corrected chi connectivity index (χ3v) is 3.31. The summed E-state index contributed by atoms with van der Waals surface area (Å²) in [6.45, 7) is 5.29. The first-order valence-electron chi connectivity index (χ1n) is 7.34. The second kappa shape index (κ2) is 9.03. The van der Waals surface area contributed by atoms with E-state index in [1.165, 1.54) is 31.4 Å². The van der Waals surface area contributed by atoms with E-state index >= 15 is 0 Å². The third-order valence-electron chi connectivity index (χ3n) is 3.31. The van der Waals surface area contributed by atoms with Crippen molar-refractivity contribution in [3.05, 3.63) is 35.4 Å². The van der Waals surface area contributed by atoms with Crippen molar-refractivity contribution in [2.24, 2.45) is 0 Å². The molecule has 0 fully saturated rings. The summed E-state index contributed by atoms with van der Waals surface area (Å²) < 4.78 is 26.1. The summed E-state index contributed by atoms with van der Waals surface area (Å²) in [5.74, 6) is -1.52. The van der Waals surface area contributed by atoms with Crippen molar-refractivity contribution >= 4 is 0 Å². The van der Waals surface area contributed by atoms with Crippen LogP contribution in [0.2, 0.25) is 0 Å². The maximum Gasteiger partial charge on any atom is 0.159 e. The molecule has 3 heteroatoms. The lowest BCUT2D eigenvalue weighted by Gasteiger charge is -2.18. The van der Waals surface area contributed by atoms with E-state index in [4.69, 9.17) is 0 Å². The fourth-order valence-electron chi connectivity index (χ4n) is 2.22. The first-order chi connectivity index (χ1) is 9.17. The minimum Gasteiger partial charge on any atom is -0.314 e. The standard InChI is InChI=1S/C16H25F2N/c1-3-5-6-7-14(19-10-4-2)11-13-8-9-15(17)16(18)12-13/h8-9,12,14,19H,3-7,10-11H2,1-2H3. The normalized spacial score (nSPS) is 12.6. The average Bonchev–Trinajstić information content (AvgIpc) is 2.40. The Balaban J connectivity index is 2.56. The molecule has 0 spiro atoms. The number of rotatable bonds is 9. The van der Waals surface area contributed by atoms with Crippen LogP contribution < -0.4 is 5.32 Å². The maximum atomic E-state index is 13.2. The molecule has 1 nitrogen and oxygen atoms in total. The van der Waals surface area contributed by atoms with Gasteiger partial charge in [-0.05, 0) is 43.5 Å². The second-order valence-corrected chi connectivity index (χ2v) is 5.10. The summed E-state index contributed by atoms with van der Waals surface area (Å²) in [6.07, 6.45) is 6.55. The monoisotopic (exact) mass is 269 g/mol. The first-order valence-corrected chi connectivity index (χ1v) is 7.34. The van der Waals surface area contributed by atoms with Crippen molar-refractivity contribution in [3.63, 3.8) is 0 Å². The molecule has 0 aliphatic carbocycles. The molecular weight excluding hydrogens is 244 g/mol. The molecule has 0 aromatic heterocycles. The second-order valence-electron chi connectivity index (χ2n) is 5.10. The fraction of sp³-hybridized carbons (Fsp3) is 0.625. The fourth-order valence-corrected chi connectivity index (χ4v) is 2.22. The topological polar surface area (TPSA) is 12.0 Å². The summed E-state index contributed by atoms with van der Waals surface area (Å²) in [4.78, 5) is 0. The highest BCUT2D eigenvalue weighted by atomic mass is 19.2. The SMILES string of the molecule is CCCCCC(Cc1ccc(F)c(F)c1)NCCC. The van der Waals surface area contributed by atoms with Crippen LogP contribution in [0.15, 0.2) is 18.2 Å². The van der Waals surface area contributed by atoms with E-state index in [0.717, 1.165) is 31.4 Å². The summed E-state index contributed by atoms with van der Waals surface area (Å²) in [5.41, 5.74) is 0.865. The van der Waals surface area contributed by atoms with E-state index in [1.54, 1.807) is 6.07 Å². The van der Waals surface area contributed by atoms with E-state index in [1.807, 2.05) is 0 Å². The molecule has 0 amide bonds. The van der Waals surface area contributed by atoms with Crippen LogP contribution >= 0.6 is 0 Å². The summed E-state index contributed by atoms with van der Waals surface area (Å²) in [7, 11) is 0. The number of hydrogen-bond acceptors (Lipinski definition) is 1. The van der Waals surface area contributed by atoms with Gasteiger partial charge in [-0.3, -0.25) is 0 Å². The van der Waals surface area contributed by atoms with Gasteiger partial charge in [-0.15, -0.1) is 0 Å². The Morgan fingerprint density at radius 3 is 2.47 bits per heavy atom. The van der Waals surface area contributed by atoms with Gasteiger partial charge in [0.25, 0.3) is 0 Å². The molecule has 0 radical (unpaired) electrons. The number of hydrogen-bond donors (Lipinski definition) is 1. The Hall–Kier alpha value is -0.960. The smallest absolute Gasteiger partial charge is 0.159 e. The van der Waals surface area contributed by atoms with Gasteiger partial charge in [-0.25, -0.2) is 8.78 Å². The number of halogens is 2. The lowest BCUT2D eigenvalue weighted by atomic mass is 10.00. The summed E-state index contributed by atoms with van der Waals surface area (Å²) in [5, 5.41) is 3.49. The summed E-state index contributed by atoms with van der Waals surface area (Å²) in [6, 6.07) is 4.57. The van der Waals surface area contributed by atoms with Gasteiger partial charge in [0.1, 0.15) is 0 Å². The van der Waals surface area contributed by atoms with Gasteiger partial charge < -0.3 is 5.32 Å². The molecule has 108 valence electrons. The van der Waals surface area contributed by atoms with Gasteiger partial charge in [0.05, 0.1) is 0 Å².